The third kappa shape index (κ3) is 2.93. The van der Waals surface area contributed by atoms with Crippen LogP contribution in [0.25, 0.3) is 11.1 Å². The van der Waals surface area contributed by atoms with E-state index < -0.39 is 4.92 Å². The van der Waals surface area contributed by atoms with Crippen molar-refractivity contribution < 1.29 is 9.66 Å². The van der Waals surface area contributed by atoms with E-state index in [1.165, 1.54) is 23.3 Å². The molecule has 0 spiro atoms. The monoisotopic (exact) mass is 292 g/mol. The SMILES string of the molecule is O=[N+]([O-])c1ccccc1Oc1ccccn1.c1cc2ccc1-2. The van der Waals surface area contributed by atoms with Crippen LogP contribution in [0.3, 0.4) is 0 Å². The Labute approximate surface area is 127 Å². The Bertz CT molecular complexity index is 766. The second-order valence-corrected chi connectivity index (χ2v) is 4.57. The molecule has 0 unspecified atom stereocenters. The van der Waals surface area contributed by atoms with Crippen molar-refractivity contribution >= 4 is 5.69 Å². The summed E-state index contributed by atoms with van der Waals surface area (Å²) in [6.45, 7) is 0. The number of nitro benzene ring substituents is 1. The van der Waals surface area contributed by atoms with E-state index in [9.17, 15) is 10.1 Å². The molecule has 0 N–H and O–H groups in total. The van der Waals surface area contributed by atoms with Crippen LogP contribution in [-0.2, 0) is 0 Å². The van der Waals surface area contributed by atoms with Crippen molar-refractivity contribution in [1.82, 2.24) is 4.98 Å². The molecular weight excluding hydrogens is 280 g/mol. The molecule has 0 aliphatic heterocycles. The zero-order chi connectivity index (χ0) is 15.4. The predicted molar refractivity (Wildman–Crippen MR) is 82.8 cm³/mol. The molecule has 108 valence electrons. The highest BCUT2D eigenvalue weighted by Gasteiger charge is 2.14. The van der Waals surface area contributed by atoms with Gasteiger partial charge in [0.2, 0.25) is 11.6 Å². The molecule has 22 heavy (non-hydrogen) atoms. The predicted octanol–water partition coefficient (Wildman–Crippen LogP) is 4.45. The van der Waals surface area contributed by atoms with Gasteiger partial charge in [0.15, 0.2) is 0 Å². The van der Waals surface area contributed by atoms with Gasteiger partial charge in [0.1, 0.15) is 0 Å². The highest BCUT2D eigenvalue weighted by atomic mass is 16.6. The molecule has 0 amide bonds. The van der Waals surface area contributed by atoms with Crippen molar-refractivity contribution in [2.75, 3.05) is 0 Å². The number of pyridine rings is 1. The van der Waals surface area contributed by atoms with Crippen molar-refractivity contribution in [2.45, 2.75) is 0 Å². The Hall–Kier alpha value is -3.21. The summed E-state index contributed by atoms with van der Waals surface area (Å²) < 4.78 is 5.32. The van der Waals surface area contributed by atoms with Crippen LogP contribution in [0, 0.1) is 10.1 Å². The van der Waals surface area contributed by atoms with Gasteiger partial charge in [-0.15, -0.1) is 0 Å². The molecule has 4 rings (SSSR count). The largest absolute Gasteiger partial charge is 0.432 e. The molecule has 2 aliphatic carbocycles. The maximum Gasteiger partial charge on any atom is 0.311 e. The van der Waals surface area contributed by atoms with E-state index in [1.54, 1.807) is 36.5 Å². The number of fused-ring (bicyclic) bond motifs is 1. The van der Waals surface area contributed by atoms with Gasteiger partial charge in [-0.05, 0) is 23.3 Å². The number of ether oxygens (including phenoxy) is 1. The van der Waals surface area contributed by atoms with Crippen LogP contribution in [0.15, 0.2) is 72.9 Å². The molecule has 0 bridgehead atoms. The van der Waals surface area contributed by atoms with Gasteiger partial charge in [0, 0.05) is 18.3 Å². The van der Waals surface area contributed by atoms with E-state index in [0.717, 1.165) is 0 Å². The normalized spacial score (nSPS) is 10.2. The van der Waals surface area contributed by atoms with Crippen molar-refractivity contribution in [1.29, 1.82) is 0 Å². The Morgan fingerprint density at radius 1 is 0.864 bits per heavy atom. The third-order valence-electron chi connectivity index (χ3n) is 3.13. The van der Waals surface area contributed by atoms with Crippen LogP contribution in [0.5, 0.6) is 11.6 Å². The van der Waals surface area contributed by atoms with Crippen LogP contribution in [0.1, 0.15) is 0 Å². The van der Waals surface area contributed by atoms with E-state index in [1.807, 2.05) is 0 Å². The average molecular weight is 292 g/mol. The zero-order valence-electron chi connectivity index (χ0n) is 11.5. The van der Waals surface area contributed by atoms with Crippen LogP contribution in [0.4, 0.5) is 5.69 Å². The highest BCUT2D eigenvalue weighted by Crippen LogP contribution is 2.30. The van der Waals surface area contributed by atoms with Crippen molar-refractivity contribution in [3.8, 4) is 22.8 Å². The third-order valence-corrected chi connectivity index (χ3v) is 3.13. The van der Waals surface area contributed by atoms with Gasteiger partial charge in [-0.1, -0.05) is 42.5 Å². The lowest BCUT2D eigenvalue weighted by Gasteiger charge is -2.10. The second kappa shape index (κ2) is 6.05. The molecule has 1 aromatic carbocycles. The number of aromatic nitrogens is 1. The number of para-hydroxylation sites is 2. The van der Waals surface area contributed by atoms with Gasteiger partial charge in [0.25, 0.3) is 0 Å². The minimum Gasteiger partial charge on any atom is -0.432 e. The number of hydrogen-bond donors (Lipinski definition) is 0. The van der Waals surface area contributed by atoms with Gasteiger partial charge in [0.05, 0.1) is 4.92 Å². The molecule has 0 radical (unpaired) electrons. The summed E-state index contributed by atoms with van der Waals surface area (Å²) in [5.74, 6) is 0.517. The molecule has 0 saturated carbocycles. The van der Waals surface area contributed by atoms with Crippen LogP contribution in [-0.4, -0.2) is 9.91 Å². The molecule has 0 saturated heterocycles. The summed E-state index contributed by atoms with van der Waals surface area (Å²) in [5.41, 5.74) is 2.78. The quantitative estimate of drug-likeness (QED) is 0.413. The molecule has 2 aliphatic rings. The van der Waals surface area contributed by atoms with Gasteiger partial charge < -0.3 is 4.74 Å². The first-order chi connectivity index (χ1) is 10.7. The molecule has 1 heterocycles. The lowest BCUT2D eigenvalue weighted by Crippen LogP contribution is -1.93. The topological polar surface area (TPSA) is 65.3 Å². The maximum atomic E-state index is 10.7. The minimum atomic E-state index is -0.488. The molecule has 0 fully saturated rings. The smallest absolute Gasteiger partial charge is 0.311 e. The molecule has 2 aromatic rings. The summed E-state index contributed by atoms with van der Waals surface area (Å²) in [5, 5.41) is 10.7. The van der Waals surface area contributed by atoms with Crippen LogP contribution in [0.2, 0.25) is 0 Å². The first-order valence-electron chi connectivity index (χ1n) is 6.67. The summed E-state index contributed by atoms with van der Waals surface area (Å²) >= 11 is 0. The average Bonchev–Trinajstić information content (AvgIpc) is 2.53. The molecular formula is C17H12N2O3. The standard InChI is InChI=1S/C11H8N2O3.C6H4/c14-13(15)9-5-1-2-6-10(9)16-11-7-3-4-8-12-11;1-2-6-4-3-5(1)6/h1-8H;1-4H. The van der Waals surface area contributed by atoms with E-state index in [4.69, 9.17) is 4.74 Å². The fraction of sp³-hybridized carbons (Fsp3) is 0. The Kier molecular flexibility index (Phi) is 3.78. The molecule has 5 nitrogen and oxygen atoms in total. The van der Waals surface area contributed by atoms with E-state index >= 15 is 0 Å². The van der Waals surface area contributed by atoms with Gasteiger partial charge in [-0.2, -0.15) is 0 Å². The van der Waals surface area contributed by atoms with Crippen LogP contribution < -0.4 is 4.74 Å². The molecule has 5 heteroatoms. The first-order valence-corrected chi connectivity index (χ1v) is 6.67. The number of rotatable bonds is 3. The minimum absolute atomic E-state index is 0.0758. The summed E-state index contributed by atoms with van der Waals surface area (Å²) in [4.78, 5) is 14.2. The number of hydrogen-bond acceptors (Lipinski definition) is 4. The Morgan fingerprint density at radius 3 is 2.00 bits per heavy atom. The lowest BCUT2D eigenvalue weighted by molar-refractivity contribution is -0.385. The van der Waals surface area contributed by atoms with Gasteiger partial charge >= 0.3 is 5.69 Å². The highest BCUT2D eigenvalue weighted by molar-refractivity contribution is 5.75. The number of nitro groups is 1. The zero-order valence-corrected chi connectivity index (χ0v) is 11.5. The maximum absolute atomic E-state index is 10.7. The number of nitrogens with zero attached hydrogens (tertiary/aromatic N) is 2. The van der Waals surface area contributed by atoms with Gasteiger partial charge in [-0.25, -0.2) is 4.98 Å². The van der Waals surface area contributed by atoms with Crippen LogP contribution >= 0.6 is 0 Å². The van der Waals surface area contributed by atoms with Crippen molar-refractivity contribution in [3.05, 3.63) is 83.0 Å². The first kappa shape index (κ1) is 13.8. The Balaban J connectivity index is 0.000000196. The second-order valence-electron chi connectivity index (χ2n) is 4.57. The van der Waals surface area contributed by atoms with Crippen molar-refractivity contribution in [2.24, 2.45) is 0 Å². The lowest BCUT2D eigenvalue weighted by atomic mass is 9.95. The van der Waals surface area contributed by atoms with E-state index in [0.29, 0.717) is 5.88 Å². The molecule has 1 aromatic heterocycles. The summed E-state index contributed by atoms with van der Waals surface area (Å²) in [6, 6.07) is 19.8. The van der Waals surface area contributed by atoms with Gasteiger partial charge in [-0.3, -0.25) is 10.1 Å². The summed E-state index contributed by atoms with van der Waals surface area (Å²) in [6.07, 6.45) is 1.56. The Morgan fingerprint density at radius 2 is 1.50 bits per heavy atom. The molecule has 0 atom stereocenters. The van der Waals surface area contributed by atoms with E-state index in [-0.39, 0.29) is 11.4 Å². The fourth-order valence-corrected chi connectivity index (χ4v) is 1.88. The number of benzene rings is 2. The summed E-state index contributed by atoms with van der Waals surface area (Å²) in [7, 11) is 0. The van der Waals surface area contributed by atoms with Crippen molar-refractivity contribution in [3.63, 3.8) is 0 Å². The van der Waals surface area contributed by atoms with E-state index in [2.05, 4.69) is 29.2 Å². The fourth-order valence-electron chi connectivity index (χ4n) is 1.88.